The molecule has 31 heavy (non-hydrogen) atoms. The minimum Gasteiger partial charge on any atom is -0.508 e. The maximum Gasteiger partial charge on any atom is 0.251 e. The lowest BCUT2D eigenvalue weighted by atomic mass is 9.77. The van der Waals surface area contributed by atoms with E-state index in [2.05, 4.69) is 72.0 Å². The number of carbonyl (C=O) groups is 1. The highest BCUT2D eigenvalue weighted by Gasteiger charge is 2.27. The van der Waals surface area contributed by atoms with Crippen molar-refractivity contribution in [3.8, 4) is 11.5 Å². The van der Waals surface area contributed by atoms with Gasteiger partial charge in [0, 0.05) is 5.56 Å². The predicted octanol–water partition coefficient (Wildman–Crippen LogP) is 6.35. The van der Waals surface area contributed by atoms with E-state index in [0.29, 0.717) is 12.1 Å². The van der Waals surface area contributed by atoms with Crippen molar-refractivity contribution in [2.45, 2.75) is 84.7 Å². The van der Waals surface area contributed by atoms with Gasteiger partial charge in [0.25, 0.3) is 5.91 Å². The Morgan fingerprint density at radius 2 is 1.58 bits per heavy atom. The van der Waals surface area contributed by atoms with Crippen LogP contribution in [-0.2, 0) is 10.8 Å². The molecule has 2 aromatic carbocycles. The largest absolute Gasteiger partial charge is 0.508 e. The summed E-state index contributed by atoms with van der Waals surface area (Å²) in [5.41, 5.74) is 3.06. The Kier molecular flexibility index (Phi) is 8.16. The minimum atomic E-state index is -0.169. The van der Waals surface area contributed by atoms with Crippen LogP contribution in [0.25, 0.3) is 0 Å². The van der Waals surface area contributed by atoms with Crippen molar-refractivity contribution in [3.05, 3.63) is 59.2 Å². The van der Waals surface area contributed by atoms with Gasteiger partial charge >= 0.3 is 0 Å². The average molecular weight is 426 g/mol. The molecule has 1 unspecified atom stereocenters. The van der Waals surface area contributed by atoms with Crippen LogP contribution >= 0.6 is 0 Å². The second kappa shape index (κ2) is 10.2. The quantitative estimate of drug-likeness (QED) is 0.466. The molecule has 2 aromatic rings. The number of phenols is 1. The molecule has 2 N–H and O–H groups in total. The number of hydrogen-bond acceptors (Lipinski definition) is 3. The summed E-state index contributed by atoms with van der Waals surface area (Å²) in [6.07, 6.45) is 2.70. The summed E-state index contributed by atoms with van der Waals surface area (Å²) in [5, 5.41) is 12.4. The van der Waals surface area contributed by atoms with E-state index in [1.54, 1.807) is 12.1 Å². The number of aromatic hydroxyl groups is 1. The predicted molar refractivity (Wildman–Crippen MR) is 128 cm³/mol. The Morgan fingerprint density at radius 3 is 2.13 bits per heavy atom. The lowest BCUT2D eigenvalue weighted by Crippen LogP contribution is -2.35. The highest BCUT2D eigenvalue weighted by molar-refractivity contribution is 5.94. The third-order valence-corrected chi connectivity index (χ3v) is 6.63. The van der Waals surface area contributed by atoms with Crippen molar-refractivity contribution in [2.75, 3.05) is 6.54 Å². The van der Waals surface area contributed by atoms with Gasteiger partial charge in [-0.05, 0) is 71.6 Å². The van der Waals surface area contributed by atoms with Crippen LogP contribution in [-0.4, -0.2) is 23.7 Å². The maximum absolute atomic E-state index is 12.5. The fraction of sp³-hybridized carbons (Fsp3) is 0.519. The van der Waals surface area contributed by atoms with Crippen molar-refractivity contribution in [3.63, 3.8) is 0 Å². The van der Waals surface area contributed by atoms with E-state index in [-0.39, 0.29) is 28.6 Å². The average Bonchev–Trinajstić information content (AvgIpc) is 2.76. The fourth-order valence-corrected chi connectivity index (χ4v) is 3.36. The molecule has 170 valence electrons. The molecule has 0 radical (unpaired) electrons. The lowest BCUT2D eigenvalue weighted by Gasteiger charge is -2.31. The zero-order valence-corrected chi connectivity index (χ0v) is 20.2. The highest BCUT2D eigenvalue weighted by atomic mass is 16.5. The van der Waals surface area contributed by atoms with Crippen LogP contribution in [0.4, 0.5) is 0 Å². The summed E-state index contributed by atoms with van der Waals surface area (Å²) in [6.45, 7) is 15.9. The van der Waals surface area contributed by atoms with Crippen LogP contribution < -0.4 is 10.1 Å². The van der Waals surface area contributed by atoms with Gasteiger partial charge in [-0.25, -0.2) is 0 Å². The molecule has 0 heterocycles. The summed E-state index contributed by atoms with van der Waals surface area (Å²) in [7, 11) is 0. The molecule has 0 aromatic heterocycles. The number of amides is 1. The number of ether oxygens (including phenoxy) is 1. The summed E-state index contributed by atoms with van der Waals surface area (Å²) in [4.78, 5) is 12.5. The van der Waals surface area contributed by atoms with Crippen molar-refractivity contribution in [2.24, 2.45) is 0 Å². The number of carbonyl (C=O) groups excluding carboxylic acids is 1. The van der Waals surface area contributed by atoms with E-state index in [9.17, 15) is 9.90 Å². The Bertz CT molecular complexity index is 869. The minimum absolute atomic E-state index is 0.00218. The monoisotopic (exact) mass is 425 g/mol. The van der Waals surface area contributed by atoms with E-state index in [0.717, 1.165) is 25.0 Å². The number of rotatable bonds is 10. The van der Waals surface area contributed by atoms with Crippen LogP contribution in [0.1, 0.15) is 89.2 Å². The first kappa shape index (κ1) is 24.8. The van der Waals surface area contributed by atoms with Gasteiger partial charge < -0.3 is 15.2 Å². The lowest BCUT2D eigenvalue weighted by molar-refractivity contribution is 0.0925. The second-order valence-corrected chi connectivity index (χ2v) is 9.59. The summed E-state index contributed by atoms with van der Waals surface area (Å²) < 4.78 is 6.51. The summed E-state index contributed by atoms with van der Waals surface area (Å²) >= 11 is 0. The van der Waals surface area contributed by atoms with Crippen molar-refractivity contribution in [1.29, 1.82) is 0 Å². The molecule has 0 aliphatic carbocycles. The van der Waals surface area contributed by atoms with Gasteiger partial charge in [0.05, 0.1) is 6.54 Å². The van der Waals surface area contributed by atoms with Gasteiger partial charge in [-0.15, -0.1) is 0 Å². The van der Waals surface area contributed by atoms with Gasteiger partial charge in [0.2, 0.25) is 0 Å². The summed E-state index contributed by atoms with van der Waals surface area (Å²) in [5.74, 6) is 0.890. The first-order valence-corrected chi connectivity index (χ1v) is 11.4. The van der Waals surface area contributed by atoms with Crippen LogP contribution in [0.5, 0.6) is 11.5 Å². The number of benzene rings is 2. The first-order chi connectivity index (χ1) is 14.5. The summed E-state index contributed by atoms with van der Waals surface area (Å²) in [6, 6.07) is 12.9. The Labute approximate surface area is 188 Å². The zero-order chi connectivity index (χ0) is 23.2. The zero-order valence-electron chi connectivity index (χ0n) is 20.2. The molecule has 2 rings (SSSR count). The molecular weight excluding hydrogens is 386 g/mol. The topological polar surface area (TPSA) is 58.6 Å². The van der Waals surface area contributed by atoms with Crippen LogP contribution in [0.3, 0.4) is 0 Å². The Balaban J connectivity index is 2.24. The van der Waals surface area contributed by atoms with Crippen molar-refractivity contribution < 1.29 is 14.6 Å². The molecule has 0 saturated heterocycles. The molecule has 0 bridgehead atoms. The van der Waals surface area contributed by atoms with Gasteiger partial charge in [0.15, 0.2) is 0 Å². The molecule has 0 spiro atoms. The van der Waals surface area contributed by atoms with Crippen molar-refractivity contribution >= 4 is 5.91 Å². The van der Waals surface area contributed by atoms with Gasteiger partial charge in [-0.2, -0.15) is 0 Å². The van der Waals surface area contributed by atoms with Gasteiger partial charge in [-0.3, -0.25) is 4.79 Å². The van der Waals surface area contributed by atoms with E-state index in [1.165, 1.54) is 23.3 Å². The van der Waals surface area contributed by atoms with E-state index in [4.69, 9.17) is 4.74 Å². The number of phenolic OH excluding ortho intramolecular Hbond substituents is 1. The van der Waals surface area contributed by atoms with Crippen LogP contribution in [0, 0.1) is 0 Å². The Hall–Kier alpha value is -2.49. The van der Waals surface area contributed by atoms with E-state index < -0.39 is 0 Å². The van der Waals surface area contributed by atoms with E-state index >= 15 is 0 Å². The van der Waals surface area contributed by atoms with Crippen LogP contribution in [0.15, 0.2) is 42.5 Å². The molecule has 0 fully saturated rings. The first-order valence-electron chi connectivity index (χ1n) is 11.4. The normalized spacial score (nSPS) is 13.0. The van der Waals surface area contributed by atoms with Gasteiger partial charge in [0.1, 0.15) is 17.6 Å². The molecular formula is C27H39NO3. The number of hydrogen-bond donors (Lipinski definition) is 2. The molecule has 1 atom stereocenters. The maximum atomic E-state index is 12.5. The second-order valence-electron chi connectivity index (χ2n) is 9.59. The van der Waals surface area contributed by atoms with Gasteiger partial charge in [-0.1, -0.05) is 60.6 Å². The standard InChI is InChI=1S/C27H39NO3/c1-8-22(18-28-25(30)19-11-14-21(29)15-12-19)31-24-17-20(26(4,5)9-2)13-16-23(24)27(6,7)10-3/h11-17,22,29H,8-10,18H2,1-7H3,(H,28,30). The molecule has 0 saturated carbocycles. The third kappa shape index (κ3) is 6.25. The molecule has 0 aliphatic rings. The SMILES string of the molecule is CCC(CNC(=O)c1ccc(O)cc1)Oc1cc(C(C)(C)CC)ccc1C(C)(C)CC. The smallest absolute Gasteiger partial charge is 0.251 e. The third-order valence-electron chi connectivity index (χ3n) is 6.63. The van der Waals surface area contributed by atoms with Crippen molar-refractivity contribution in [1.82, 2.24) is 5.32 Å². The molecule has 4 heteroatoms. The fourth-order valence-electron chi connectivity index (χ4n) is 3.36. The number of nitrogens with one attached hydrogen (secondary N) is 1. The molecule has 0 aliphatic heterocycles. The highest BCUT2D eigenvalue weighted by Crippen LogP contribution is 2.38. The molecule has 1 amide bonds. The van der Waals surface area contributed by atoms with Crippen LogP contribution in [0.2, 0.25) is 0 Å². The van der Waals surface area contributed by atoms with E-state index in [1.807, 2.05) is 0 Å². The molecule has 4 nitrogen and oxygen atoms in total. The Morgan fingerprint density at radius 1 is 0.968 bits per heavy atom.